The van der Waals surface area contributed by atoms with E-state index >= 15 is 0 Å². The van der Waals surface area contributed by atoms with Gasteiger partial charge in [-0.05, 0) is 86.7 Å². The largest absolute Gasteiger partial charge is 0.488 e. The van der Waals surface area contributed by atoms with Crippen molar-refractivity contribution < 1.29 is 4.74 Å². The number of hydrogen-bond acceptors (Lipinski definition) is 3. The van der Waals surface area contributed by atoms with Crippen molar-refractivity contribution in [2.75, 3.05) is 6.61 Å². The van der Waals surface area contributed by atoms with Crippen molar-refractivity contribution in [3.05, 3.63) is 41.0 Å². The van der Waals surface area contributed by atoms with E-state index in [1.165, 1.54) is 89.9 Å². The first-order chi connectivity index (χ1) is 18.7. The maximum Gasteiger partial charge on any atom is 0.138 e. The minimum absolute atomic E-state index is 0.390. The number of aryl methyl sites for hydroxylation is 1. The monoisotopic (exact) mass is 516 g/mol. The lowest BCUT2D eigenvalue weighted by Gasteiger charge is -2.37. The van der Waals surface area contributed by atoms with Gasteiger partial charge in [0.2, 0.25) is 0 Å². The molecular formula is C35H52N2O. The molecule has 2 saturated carbocycles. The summed E-state index contributed by atoms with van der Waals surface area (Å²) in [6, 6.07) is 8.32. The van der Waals surface area contributed by atoms with E-state index in [4.69, 9.17) is 4.74 Å². The summed E-state index contributed by atoms with van der Waals surface area (Å²) in [5.74, 6) is 4.12. The van der Waals surface area contributed by atoms with Crippen LogP contribution in [0.4, 0.5) is 0 Å². The zero-order chi connectivity index (χ0) is 27.0. The SMILES string of the molecule is CCCCCCCC1CCC(C2CCC(/C=C/COc3ccc(CCCCC)c(C#N)c3C#N)CC2)CC1. The van der Waals surface area contributed by atoms with Crippen molar-refractivity contribution in [2.45, 2.75) is 129 Å². The average Bonchev–Trinajstić information content (AvgIpc) is 2.96. The Kier molecular flexibility index (Phi) is 13.8. The number of unbranched alkanes of at least 4 members (excludes halogenated alkanes) is 6. The van der Waals surface area contributed by atoms with Gasteiger partial charge in [0.15, 0.2) is 0 Å². The van der Waals surface area contributed by atoms with Crippen LogP contribution in [0, 0.1) is 46.3 Å². The normalized spacial score (nSPS) is 23.7. The van der Waals surface area contributed by atoms with E-state index in [1.54, 1.807) is 0 Å². The zero-order valence-corrected chi connectivity index (χ0v) is 24.4. The van der Waals surface area contributed by atoms with E-state index in [2.05, 4.69) is 38.1 Å². The molecular weight excluding hydrogens is 464 g/mol. The first-order valence-corrected chi connectivity index (χ1v) is 16.0. The van der Waals surface area contributed by atoms with E-state index in [-0.39, 0.29) is 0 Å². The predicted octanol–water partition coefficient (Wildman–Crippen LogP) is 10.1. The lowest BCUT2D eigenvalue weighted by atomic mass is 9.68. The third-order valence-electron chi connectivity index (χ3n) is 9.36. The van der Waals surface area contributed by atoms with Gasteiger partial charge >= 0.3 is 0 Å². The lowest BCUT2D eigenvalue weighted by molar-refractivity contribution is 0.151. The highest BCUT2D eigenvalue weighted by atomic mass is 16.5. The number of rotatable bonds is 15. The molecule has 0 aliphatic heterocycles. The molecule has 2 fully saturated rings. The number of nitriles is 2. The standard InChI is InChI=1S/C35H52N2O/c1-3-5-7-8-10-12-28-15-19-30(20-16-28)31-21-17-29(18-22-31)13-11-25-38-35-24-23-32(14-9-6-4-2)33(26-36)34(35)27-37/h11,13,23-24,28-31H,3-10,12,14-22,25H2,1-2H3/b13-11+. The maximum absolute atomic E-state index is 9.70. The van der Waals surface area contributed by atoms with Crippen LogP contribution in [0.1, 0.15) is 140 Å². The highest BCUT2D eigenvalue weighted by Gasteiger charge is 2.30. The molecule has 0 unspecified atom stereocenters. The maximum atomic E-state index is 9.70. The molecule has 0 heterocycles. The highest BCUT2D eigenvalue weighted by Crippen LogP contribution is 2.42. The Balaban J connectivity index is 1.37. The van der Waals surface area contributed by atoms with Crippen molar-refractivity contribution in [2.24, 2.45) is 23.7 Å². The summed E-state index contributed by atoms with van der Waals surface area (Å²) >= 11 is 0. The van der Waals surface area contributed by atoms with Gasteiger partial charge in [-0.1, -0.05) is 96.3 Å². The van der Waals surface area contributed by atoms with Gasteiger partial charge in [-0.25, -0.2) is 0 Å². The molecule has 1 aromatic rings. The Labute approximate surface area is 233 Å². The summed E-state index contributed by atoms with van der Waals surface area (Å²) < 4.78 is 5.96. The number of benzene rings is 1. The molecule has 38 heavy (non-hydrogen) atoms. The van der Waals surface area contributed by atoms with Crippen LogP contribution in [0.15, 0.2) is 24.3 Å². The molecule has 1 aromatic carbocycles. The van der Waals surface area contributed by atoms with Crippen molar-refractivity contribution >= 4 is 0 Å². The third kappa shape index (κ3) is 9.49. The summed E-state index contributed by atoms with van der Waals surface area (Å²) in [5.41, 5.74) is 1.85. The highest BCUT2D eigenvalue weighted by molar-refractivity contribution is 5.57. The molecule has 0 spiro atoms. The van der Waals surface area contributed by atoms with Gasteiger partial charge < -0.3 is 4.74 Å². The topological polar surface area (TPSA) is 56.8 Å². The molecule has 0 amide bonds. The van der Waals surface area contributed by atoms with Crippen LogP contribution >= 0.6 is 0 Å². The van der Waals surface area contributed by atoms with Crippen LogP contribution in [0.2, 0.25) is 0 Å². The molecule has 0 N–H and O–H groups in total. The van der Waals surface area contributed by atoms with Crippen LogP contribution in [0.5, 0.6) is 5.75 Å². The first kappa shape index (κ1) is 30.3. The molecule has 0 saturated heterocycles. The molecule has 3 nitrogen and oxygen atoms in total. The van der Waals surface area contributed by atoms with Crippen LogP contribution in [-0.2, 0) is 6.42 Å². The van der Waals surface area contributed by atoms with Gasteiger partial charge in [0.25, 0.3) is 0 Å². The van der Waals surface area contributed by atoms with E-state index in [0.717, 1.165) is 49.0 Å². The second-order valence-corrected chi connectivity index (χ2v) is 12.1. The quantitative estimate of drug-likeness (QED) is 0.172. The summed E-state index contributed by atoms with van der Waals surface area (Å²) in [6.07, 6.45) is 28.5. The van der Waals surface area contributed by atoms with Crippen LogP contribution < -0.4 is 4.74 Å². The molecule has 3 rings (SSSR count). The smallest absolute Gasteiger partial charge is 0.138 e. The molecule has 0 radical (unpaired) electrons. The Morgan fingerprint density at radius 1 is 0.763 bits per heavy atom. The molecule has 0 aromatic heterocycles. The minimum atomic E-state index is 0.390. The number of nitrogens with zero attached hydrogens (tertiary/aromatic N) is 2. The Morgan fingerprint density at radius 3 is 2.05 bits per heavy atom. The molecule has 3 heteroatoms. The van der Waals surface area contributed by atoms with Crippen molar-refractivity contribution in [3.8, 4) is 17.9 Å². The zero-order valence-electron chi connectivity index (χ0n) is 24.4. The fourth-order valence-electron chi connectivity index (χ4n) is 6.94. The Hall–Kier alpha value is -2.26. The van der Waals surface area contributed by atoms with E-state index in [9.17, 15) is 10.5 Å². The Bertz CT molecular complexity index is 920. The van der Waals surface area contributed by atoms with E-state index < -0.39 is 0 Å². The van der Waals surface area contributed by atoms with Gasteiger partial charge in [-0.2, -0.15) is 10.5 Å². The van der Waals surface area contributed by atoms with Crippen molar-refractivity contribution in [1.82, 2.24) is 0 Å². The average molecular weight is 517 g/mol. The third-order valence-corrected chi connectivity index (χ3v) is 9.36. The number of allylic oxidation sites excluding steroid dienone is 1. The van der Waals surface area contributed by atoms with Gasteiger partial charge in [-0.3, -0.25) is 0 Å². The summed E-state index contributed by atoms with van der Waals surface area (Å²) in [6.45, 7) is 4.93. The first-order valence-electron chi connectivity index (χ1n) is 16.0. The minimum Gasteiger partial charge on any atom is -0.488 e. The fraction of sp³-hybridized carbons (Fsp3) is 0.714. The molecule has 2 aliphatic rings. The van der Waals surface area contributed by atoms with Gasteiger partial charge in [0, 0.05) is 0 Å². The van der Waals surface area contributed by atoms with Crippen LogP contribution in [-0.4, -0.2) is 6.61 Å². The molecule has 2 aliphatic carbocycles. The van der Waals surface area contributed by atoms with Gasteiger partial charge in [-0.15, -0.1) is 0 Å². The van der Waals surface area contributed by atoms with Crippen LogP contribution in [0.3, 0.4) is 0 Å². The molecule has 0 bridgehead atoms. The Morgan fingerprint density at radius 2 is 1.39 bits per heavy atom. The molecule has 208 valence electrons. The van der Waals surface area contributed by atoms with Crippen LogP contribution in [0.25, 0.3) is 0 Å². The number of ether oxygens (including phenoxy) is 1. The van der Waals surface area contributed by atoms with Crippen molar-refractivity contribution in [3.63, 3.8) is 0 Å². The summed E-state index contributed by atoms with van der Waals surface area (Å²) in [7, 11) is 0. The lowest BCUT2D eigenvalue weighted by Crippen LogP contribution is -2.25. The number of hydrogen-bond donors (Lipinski definition) is 0. The molecule has 0 atom stereocenters. The van der Waals surface area contributed by atoms with E-state index in [1.807, 2.05) is 12.1 Å². The predicted molar refractivity (Wildman–Crippen MR) is 158 cm³/mol. The second-order valence-electron chi connectivity index (χ2n) is 12.1. The van der Waals surface area contributed by atoms with Crippen molar-refractivity contribution in [1.29, 1.82) is 10.5 Å². The van der Waals surface area contributed by atoms with E-state index in [0.29, 0.717) is 29.4 Å². The van der Waals surface area contributed by atoms with Gasteiger partial charge in [0.05, 0.1) is 5.56 Å². The summed E-state index contributed by atoms with van der Waals surface area (Å²) in [4.78, 5) is 0. The second kappa shape index (κ2) is 17.4. The summed E-state index contributed by atoms with van der Waals surface area (Å²) in [5, 5.41) is 19.4. The van der Waals surface area contributed by atoms with Gasteiger partial charge in [0.1, 0.15) is 30.1 Å². The fourth-order valence-corrected chi connectivity index (χ4v) is 6.94.